The van der Waals surface area contributed by atoms with Crippen LogP contribution in [0.4, 0.5) is 5.95 Å². The van der Waals surface area contributed by atoms with E-state index in [1.165, 1.54) is 12.7 Å². The van der Waals surface area contributed by atoms with Gasteiger partial charge in [0.15, 0.2) is 0 Å². The van der Waals surface area contributed by atoms with Gasteiger partial charge in [0.25, 0.3) is 0 Å². The molecule has 0 radical (unpaired) electrons. The van der Waals surface area contributed by atoms with Crippen LogP contribution in [0.25, 0.3) is 0 Å². The summed E-state index contributed by atoms with van der Waals surface area (Å²) in [6.45, 7) is 2.19. The smallest absolute Gasteiger partial charge is 0.223 e. The Hall–Kier alpha value is -1.19. The van der Waals surface area contributed by atoms with Gasteiger partial charge in [0, 0.05) is 5.92 Å². The van der Waals surface area contributed by atoms with Crippen molar-refractivity contribution in [2.24, 2.45) is 5.92 Å². The van der Waals surface area contributed by atoms with Gasteiger partial charge in [-0.25, -0.2) is 9.97 Å². The standard InChI is InChI=1S/C7H10N4/c1-4-2-5(4)6-9-3-10-7(8)11-6/h3-5H,2H2,1H3,(H2,8,9,10,11). The van der Waals surface area contributed by atoms with Gasteiger partial charge in [-0.1, -0.05) is 6.92 Å². The molecule has 0 aliphatic heterocycles. The van der Waals surface area contributed by atoms with E-state index in [2.05, 4.69) is 21.9 Å². The lowest BCUT2D eigenvalue weighted by Crippen LogP contribution is -2.00. The zero-order chi connectivity index (χ0) is 7.84. The Bertz CT molecular complexity index is 273. The van der Waals surface area contributed by atoms with E-state index in [9.17, 15) is 0 Å². The highest BCUT2D eigenvalue weighted by Gasteiger charge is 2.36. The summed E-state index contributed by atoms with van der Waals surface area (Å²) in [7, 11) is 0. The second-order valence-electron chi connectivity index (χ2n) is 3.02. The highest BCUT2D eigenvalue weighted by atomic mass is 15.1. The normalized spacial score (nSPS) is 28.5. The molecular formula is C7H10N4. The van der Waals surface area contributed by atoms with Gasteiger partial charge in [-0.15, -0.1) is 0 Å². The van der Waals surface area contributed by atoms with Crippen LogP contribution >= 0.6 is 0 Å². The third-order valence-electron chi connectivity index (χ3n) is 2.05. The molecule has 0 saturated heterocycles. The molecule has 2 atom stereocenters. The van der Waals surface area contributed by atoms with Gasteiger partial charge in [-0.3, -0.25) is 0 Å². The number of nitrogens with zero attached hydrogens (tertiary/aromatic N) is 3. The van der Waals surface area contributed by atoms with E-state index < -0.39 is 0 Å². The number of hydrogen-bond donors (Lipinski definition) is 1. The molecule has 0 spiro atoms. The highest BCUT2D eigenvalue weighted by molar-refractivity contribution is 5.17. The van der Waals surface area contributed by atoms with Crippen molar-refractivity contribution in [3.05, 3.63) is 12.2 Å². The molecule has 0 aromatic carbocycles. The van der Waals surface area contributed by atoms with Gasteiger partial charge in [-0.2, -0.15) is 4.98 Å². The Labute approximate surface area is 64.9 Å². The molecule has 4 heteroatoms. The summed E-state index contributed by atoms with van der Waals surface area (Å²) in [6.07, 6.45) is 2.66. The SMILES string of the molecule is CC1CC1c1ncnc(N)n1. The summed E-state index contributed by atoms with van der Waals surface area (Å²) in [4.78, 5) is 11.8. The number of nitrogen functional groups attached to an aromatic ring is 1. The molecular weight excluding hydrogens is 140 g/mol. The van der Waals surface area contributed by atoms with Gasteiger partial charge in [0.05, 0.1) is 0 Å². The summed E-state index contributed by atoms with van der Waals surface area (Å²) in [6, 6.07) is 0. The van der Waals surface area contributed by atoms with Gasteiger partial charge >= 0.3 is 0 Å². The lowest BCUT2D eigenvalue weighted by atomic mass is 10.3. The van der Waals surface area contributed by atoms with Crippen molar-refractivity contribution in [1.82, 2.24) is 15.0 Å². The quantitative estimate of drug-likeness (QED) is 0.635. The van der Waals surface area contributed by atoms with E-state index in [1.807, 2.05) is 0 Å². The first-order valence-electron chi connectivity index (χ1n) is 3.72. The lowest BCUT2D eigenvalue weighted by Gasteiger charge is -1.95. The maximum Gasteiger partial charge on any atom is 0.223 e. The molecule has 58 valence electrons. The molecule has 11 heavy (non-hydrogen) atoms. The molecule has 1 aliphatic rings. The van der Waals surface area contributed by atoms with E-state index in [-0.39, 0.29) is 0 Å². The van der Waals surface area contributed by atoms with Crippen LogP contribution in [0.5, 0.6) is 0 Å². The summed E-state index contributed by atoms with van der Waals surface area (Å²) in [5, 5.41) is 0. The van der Waals surface area contributed by atoms with Crippen molar-refractivity contribution in [2.45, 2.75) is 19.3 Å². The predicted molar refractivity (Wildman–Crippen MR) is 40.8 cm³/mol. The van der Waals surface area contributed by atoms with Gasteiger partial charge in [0.1, 0.15) is 12.2 Å². The Morgan fingerprint density at radius 2 is 2.27 bits per heavy atom. The summed E-state index contributed by atoms with van der Waals surface area (Å²) in [5.74, 6) is 2.43. The maximum absolute atomic E-state index is 5.41. The molecule has 1 aromatic rings. The average molecular weight is 150 g/mol. The Morgan fingerprint density at radius 1 is 1.55 bits per heavy atom. The van der Waals surface area contributed by atoms with Gasteiger partial charge < -0.3 is 5.73 Å². The van der Waals surface area contributed by atoms with Crippen LogP contribution < -0.4 is 5.73 Å². The van der Waals surface area contributed by atoms with E-state index >= 15 is 0 Å². The molecule has 1 aliphatic carbocycles. The fourth-order valence-electron chi connectivity index (χ4n) is 1.18. The molecule has 2 unspecified atom stereocenters. The minimum absolute atomic E-state index is 0.328. The van der Waals surface area contributed by atoms with Crippen LogP contribution in [0.3, 0.4) is 0 Å². The zero-order valence-corrected chi connectivity index (χ0v) is 6.36. The van der Waals surface area contributed by atoms with Crippen molar-refractivity contribution in [3.63, 3.8) is 0 Å². The van der Waals surface area contributed by atoms with Crippen LogP contribution in [-0.2, 0) is 0 Å². The van der Waals surface area contributed by atoms with Crippen molar-refractivity contribution in [2.75, 3.05) is 5.73 Å². The van der Waals surface area contributed by atoms with Crippen LogP contribution in [0.15, 0.2) is 6.33 Å². The van der Waals surface area contributed by atoms with Crippen LogP contribution in [0.2, 0.25) is 0 Å². The van der Waals surface area contributed by atoms with Gasteiger partial charge in [-0.05, 0) is 12.3 Å². The largest absolute Gasteiger partial charge is 0.368 e. The van der Waals surface area contributed by atoms with Crippen molar-refractivity contribution < 1.29 is 0 Å². The molecule has 1 heterocycles. The molecule has 0 bridgehead atoms. The number of anilines is 1. The molecule has 2 rings (SSSR count). The molecule has 1 aromatic heterocycles. The number of rotatable bonds is 1. The summed E-state index contributed by atoms with van der Waals surface area (Å²) in [5.41, 5.74) is 5.41. The summed E-state index contributed by atoms with van der Waals surface area (Å²) >= 11 is 0. The van der Waals surface area contributed by atoms with E-state index in [0.717, 1.165) is 11.7 Å². The molecule has 4 nitrogen and oxygen atoms in total. The predicted octanol–water partition coefficient (Wildman–Crippen LogP) is 0.577. The van der Waals surface area contributed by atoms with Crippen LogP contribution in [0.1, 0.15) is 25.1 Å². The zero-order valence-electron chi connectivity index (χ0n) is 6.36. The third-order valence-corrected chi connectivity index (χ3v) is 2.05. The monoisotopic (exact) mass is 150 g/mol. The first-order chi connectivity index (χ1) is 5.27. The Balaban J connectivity index is 2.25. The van der Waals surface area contributed by atoms with Crippen LogP contribution in [0, 0.1) is 5.92 Å². The average Bonchev–Trinajstić information content (AvgIpc) is 2.67. The maximum atomic E-state index is 5.41. The lowest BCUT2D eigenvalue weighted by molar-refractivity contribution is 0.829. The molecule has 1 saturated carbocycles. The molecule has 0 amide bonds. The van der Waals surface area contributed by atoms with Crippen molar-refractivity contribution in [1.29, 1.82) is 0 Å². The van der Waals surface area contributed by atoms with Crippen LogP contribution in [-0.4, -0.2) is 15.0 Å². The summed E-state index contributed by atoms with van der Waals surface area (Å²) < 4.78 is 0. The number of aromatic nitrogens is 3. The van der Waals surface area contributed by atoms with E-state index in [0.29, 0.717) is 11.9 Å². The molecule has 1 fully saturated rings. The second-order valence-corrected chi connectivity index (χ2v) is 3.02. The first-order valence-corrected chi connectivity index (χ1v) is 3.72. The second kappa shape index (κ2) is 2.15. The number of hydrogen-bond acceptors (Lipinski definition) is 4. The highest BCUT2D eigenvalue weighted by Crippen LogP contribution is 2.45. The minimum Gasteiger partial charge on any atom is -0.368 e. The minimum atomic E-state index is 0.328. The topological polar surface area (TPSA) is 64.7 Å². The van der Waals surface area contributed by atoms with Crippen molar-refractivity contribution >= 4 is 5.95 Å². The number of nitrogens with two attached hydrogens (primary N) is 1. The van der Waals surface area contributed by atoms with Crippen molar-refractivity contribution in [3.8, 4) is 0 Å². The Morgan fingerprint density at radius 3 is 2.82 bits per heavy atom. The fourth-order valence-corrected chi connectivity index (χ4v) is 1.18. The van der Waals surface area contributed by atoms with E-state index in [4.69, 9.17) is 5.73 Å². The first kappa shape index (κ1) is 6.52. The van der Waals surface area contributed by atoms with E-state index in [1.54, 1.807) is 0 Å². The Kier molecular flexibility index (Phi) is 1.27. The third kappa shape index (κ3) is 1.15. The fraction of sp³-hybridized carbons (Fsp3) is 0.571. The molecule has 2 N–H and O–H groups in total. The van der Waals surface area contributed by atoms with Gasteiger partial charge in [0.2, 0.25) is 5.95 Å².